The number of carbonyl (C=O) groups is 1. The zero-order chi connectivity index (χ0) is 27.9. The van der Waals surface area contributed by atoms with Gasteiger partial charge in [0.2, 0.25) is 0 Å². The number of aromatic nitrogens is 1. The fraction of sp³-hybridized carbons (Fsp3) is 0.630. The van der Waals surface area contributed by atoms with Crippen LogP contribution >= 0.6 is 11.3 Å². The molecule has 0 spiro atoms. The van der Waals surface area contributed by atoms with Crippen LogP contribution in [0.2, 0.25) is 0 Å². The Kier molecular flexibility index (Phi) is 7.93. The predicted molar refractivity (Wildman–Crippen MR) is 143 cm³/mol. The summed E-state index contributed by atoms with van der Waals surface area (Å²) in [4.78, 5) is 23.4. The summed E-state index contributed by atoms with van der Waals surface area (Å²) in [7, 11) is 0. The van der Waals surface area contributed by atoms with Crippen molar-refractivity contribution >= 4 is 23.1 Å². The van der Waals surface area contributed by atoms with Crippen molar-refractivity contribution in [1.29, 1.82) is 0 Å². The van der Waals surface area contributed by atoms with Crippen LogP contribution in [0, 0.1) is 11.7 Å². The van der Waals surface area contributed by atoms with Crippen LogP contribution in [-0.2, 0) is 18.1 Å². The number of carbonyl (C=O) groups excluding carboxylic acids is 1. The molecule has 2 aliphatic carbocycles. The maximum atomic E-state index is 13.8. The number of urea groups is 1. The molecule has 0 radical (unpaired) electrons. The van der Waals surface area contributed by atoms with E-state index in [1.807, 2.05) is 6.20 Å². The monoisotopic (exact) mass is 568 g/mol. The van der Waals surface area contributed by atoms with Gasteiger partial charge in [-0.1, -0.05) is 0 Å². The zero-order valence-electron chi connectivity index (χ0n) is 22.2. The predicted octanol–water partition coefficient (Wildman–Crippen LogP) is 4.79. The molecule has 39 heavy (non-hydrogen) atoms. The summed E-state index contributed by atoms with van der Waals surface area (Å²) in [5.74, 6) is -1.09. The number of hydrogen-bond donors (Lipinski definition) is 3. The smallest absolute Gasteiger partial charge is 0.325 e. The van der Waals surface area contributed by atoms with E-state index in [1.54, 1.807) is 16.2 Å². The summed E-state index contributed by atoms with van der Waals surface area (Å²) < 4.78 is 53.7. The number of alkyl halides is 3. The molecule has 1 aromatic heterocycles. The second-order valence-electron chi connectivity index (χ2n) is 11.2. The molecule has 1 aromatic carbocycles. The maximum absolute atomic E-state index is 13.8. The van der Waals surface area contributed by atoms with Crippen LogP contribution < -0.4 is 16.4 Å². The highest BCUT2D eigenvalue weighted by Crippen LogP contribution is 2.66. The summed E-state index contributed by atoms with van der Waals surface area (Å²) in [5.41, 5.74) is 4.31. The first-order valence-electron chi connectivity index (χ1n) is 13.6. The van der Waals surface area contributed by atoms with Crippen molar-refractivity contribution in [2.75, 3.05) is 31.5 Å². The van der Waals surface area contributed by atoms with E-state index in [2.05, 4.69) is 34.4 Å². The molecule has 2 aromatic rings. The molecular weight excluding hydrogens is 532 g/mol. The quantitative estimate of drug-likeness (QED) is 0.399. The van der Waals surface area contributed by atoms with E-state index < -0.39 is 23.6 Å². The van der Waals surface area contributed by atoms with Crippen LogP contribution in [0.1, 0.15) is 55.0 Å². The molecule has 2 heterocycles. The third-order valence-corrected chi connectivity index (χ3v) is 9.86. The molecule has 0 unspecified atom stereocenters. The van der Waals surface area contributed by atoms with Gasteiger partial charge in [-0.25, -0.2) is 14.2 Å². The molecule has 3 aliphatic rings. The largest absolute Gasteiger partial charge is 0.419 e. The molecule has 3 fully saturated rings. The minimum atomic E-state index is -4.85. The van der Waals surface area contributed by atoms with E-state index >= 15 is 0 Å². The zero-order valence-corrected chi connectivity index (χ0v) is 23.0. The number of nitrogens with two attached hydrogens (primary N) is 1. The van der Waals surface area contributed by atoms with Crippen LogP contribution in [-0.4, -0.2) is 65.1 Å². The minimum absolute atomic E-state index is 0.00387. The average molecular weight is 569 g/mol. The lowest BCUT2D eigenvalue weighted by Gasteiger charge is -2.38. The van der Waals surface area contributed by atoms with Gasteiger partial charge in [0.15, 0.2) is 0 Å². The number of anilines is 1. The van der Waals surface area contributed by atoms with Crippen molar-refractivity contribution < 1.29 is 22.4 Å². The topological polar surface area (TPSA) is 86.5 Å². The number of piperazine rings is 1. The van der Waals surface area contributed by atoms with E-state index in [0.29, 0.717) is 31.2 Å². The second kappa shape index (κ2) is 10.9. The van der Waals surface area contributed by atoms with Crippen molar-refractivity contribution in [3.05, 3.63) is 45.7 Å². The summed E-state index contributed by atoms with van der Waals surface area (Å²) in [6, 6.07) is 2.88. The third kappa shape index (κ3) is 5.79. The molecule has 7 nitrogen and oxygen atoms in total. The Morgan fingerprint density at radius 3 is 2.85 bits per heavy atom. The molecule has 5 rings (SSSR count). The fourth-order valence-corrected chi connectivity index (χ4v) is 7.52. The van der Waals surface area contributed by atoms with Gasteiger partial charge in [-0.3, -0.25) is 4.90 Å². The van der Waals surface area contributed by atoms with Gasteiger partial charge >= 0.3 is 12.2 Å². The lowest BCUT2D eigenvalue weighted by atomic mass is 10.0. The Morgan fingerprint density at radius 2 is 2.15 bits per heavy atom. The van der Waals surface area contributed by atoms with Crippen molar-refractivity contribution in [1.82, 2.24) is 20.1 Å². The fourth-order valence-electron chi connectivity index (χ4n) is 6.43. The molecular formula is C27H36F4N6OS. The number of fused-ring (bicyclic) bond motifs is 1. The van der Waals surface area contributed by atoms with Crippen LogP contribution in [0.15, 0.2) is 24.4 Å². The van der Waals surface area contributed by atoms with Crippen LogP contribution in [0.25, 0.3) is 0 Å². The van der Waals surface area contributed by atoms with Crippen molar-refractivity contribution in [3.8, 4) is 0 Å². The van der Waals surface area contributed by atoms with E-state index in [1.165, 1.54) is 10.9 Å². The van der Waals surface area contributed by atoms with Gasteiger partial charge < -0.3 is 21.3 Å². The first-order chi connectivity index (χ1) is 18.5. The molecule has 2 amide bonds. The van der Waals surface area contributed by atoms with Gasteiger partial charge in [0, 0.05) is 73.0 Å². The minimum Gasteiger partial charge on any atom is -0.325 e. The maximum Gasteiger partial charge on any atom is 0.419 e. The Hall–Kier alpha value is -2.28. The van der Waals surface area contributed by atoms with Crippen LogP contribution in [0.5, 0.6) is 0 Å². The summed E-state index contributed by atoms with van der Waals surface area (Å²) in [6.07, 6.45) is 0.498. The molecule has 214 valence electrons. The molecule has 12 heteroatoms. The number of thiazole rings is 1. The number of rotatable bonds is 8. The first-order valence-corrected chi connectivity index (χ1v) is 14.4. The molecule has 5 atom stereocenters. The number of halogens is 4. The number of benzene rings is 1. The van der Waals surface area contributed by atoms with Crippen LogP contribution in [0.3, 0.4) is 0 Å². The molecule has 1 saturated heterocycles. The molecule has 0 bridgehead atoms. The highest BCUT2D eigenvalue weighted by atomic mass is 32.1. The van der Waals surface area contributed by atoms with E-state index in [9.17, 15) is 22.4 Å². The van der Waals surface area contributed by atoms with Gasteiger partial charge in [-0.05, 0) is 63.6 Å². The normalized spacial score (nSPS) is 28.8. The van der Waals surface area contributed by atoms with Gasteiger partial charge in [0.05, 0.1) is 5.56 Å². The van der Waals surface area contributed by atoms with Crippen molar-refractivity contribution in [2.24, 2.45) is 11.7 Å². The highest BCUT2D eigenvalue weighted by molar-refractivity contribution is 7.11. The molecule has 2 saturated carbocycles. The van der Waals surface area contributed by atoms with Gasteiger partial charge in [0.1, 0.15) is 10.8 Å². The lowest BCUT2D eigenvalue weighted by Crippen LogP contribution is -2.54. The van der Waals surface area contributed by atoms with Crippen molar-refractivity contribution in [3.63, 3.8) is 0 Å². The molecule has 1 aliphatic heterocycles. The van der Waals surface area contributed by atoms with E-state index in [-0.39, 0.29) is 23.1 Å². The van der Waals surface area contributed by atoms with Crippen molar-refractivity contribution in [2.45, 2.75) is 75.8 Å². The standard InChI is InChI=1S/C27H36F4N6OS/c1-16-15-36(17(2)13-33-16)8-3-9-37(25(38)35-18-4-5-21(28)19(10-18)27(29,30)31)22-6-7-26(11-20(22)26)23-14-34-24(12-32)39-23/h4-5,10,14,16-17,20,22,33H,3,6-9,11-13,15,32H2,1-2H3,(H,35,38)/t16-,17+,20-,22-,26+/m1/s1. The average Bonchev–Trinajstić information content (AvgIpc) is 3.22. The highest BCUT2D eigenvalue weighted by Gasteiger charge is 2.64. The summed E-state index contributed by atoms with van der Waals surface area (Å²) in [5, 5.41) is 7.00. The summed E-state index contributed by atoms with van der Waals surface area (Å²) in [6.45, 7) is 7.86. The number of hydrogen-bond acceptors (Lipinski definition) is 6. The van der Waals surface area contributed by atoms with E-state index in [4.69, 9.17) is 5.73 Å². The van der Waals surface area contributed by atoms with Gasteiger partial charge in [0.25, 0.3) is 0 Å². The second-order valence-corrected chi connectivity index (χ2v) is 12.3. The Labute approximate surface area is 230 Å². The lowest BCUT2D eigenvalue weighted by molar-refractivity contribution is -0.139. The Balaban J connectivity index is 1.32. The Morgan fingerprint density at radius 1 is 1.36 bits per heavy atom. The Bertz CT molecular complexity index is 1190. The number of nitrogens with zero attached hydrogens (tertiary/aromatic N) is 3. The first kappa shape index (κ1) is 28.3. The SMILES string of the molecule is C[C@@H]1CN(CCCN(C(=O)Nc2ccc(F)c(C(F)(F)F)c2)[C@@H]2CC[C@]3(c4cnc(CN)s4)C[C@H]23)[C@@H](C)CN1. The van der Waals surface area contributed by atoms with Gasteiger partial charge in [-0.15, -0.1) is 11.3 Å². The summed E-state index contributed by atoms with van der Waals surface area (Å²) >= 11 is 1.63. The van der Waals surface area contributed by atoms with Gasteiger partial charge in [-0.2, -0.15) is 13.2 Å². The van der Waals surface area contributed by atoms with Crippen LogP contribution in [0.4, 0.5) is 28.0 Å². The number of amides is 2. The molecule has 4 N–H and O–H groups in total. The number of nitrogens with one attached hydrogen (secondary N) is 2. The van der Waals surface area contributed by atoms with E-state index in [0.717, 1.165) is 56.4 Å². The third-order valence-electron chi connectivity index (χ3n) is 8.63.